The van der Waals surface area contributed by atoms with Crippen molar-refractivity contribution in [2.24, 2.45) is 0 Å². The highest BCUT2D eigenvalue weighted by atomic mass is 35.5. The molecule has 0 bridgehead atoms. The maximum Gasteiger partial charge on any atom is 0.266 e. The first-order valence-electron chi connectivity index (χ1n) is 4.22. The van der Waals surface area contributed by atoms with Crippen molar-refractivity contribution in [2.45, 2.75) is 13.3 Å². The Labute approximate surface area is 88.3 Å². The fourth-order valence-corrected chi connectivity index (χ4v) is 1.10. The minimum atomic E-state index is -0.280. The number of carbonyl (C=O) groups excluding carboxylic acids is 1. The zero-order valence-electron chi connectivity index (χ0n) is 8.16. The summed E-state index contributed by atoms with van der Waals surface area (Å²) in [4.78, 5) is 15.9. The Balaban J connectivity index is 2.60. The first kappa shape index (κ1) is 11.0. The Morgan fingerprint density at radius 1 is 1.43 bits per heavy atom. The van der Waals surface area contributed by atoms with E-state index in [0.717, 1.165) is 11.1 Å². The molecule has 0 N–H and O–H groups in total. The lowest BCUT2D eigenvalue weighted by molar-refractivity contribution is -0.151. The molecule has 0 heterocycles. The number of amides is 1. The monoisotopic (exact) mass is 213 g/mol. The summed E-state index contributed by atoms with van der Waals surface area (Å²) in [6, 6.07) is 7.70. The molecule has 0 aliphatic rings. The number of halogens is 1. The fraction of sp³-hybridized carbons (Fsp3) is 0.300. The van der Waals surface area contributed by atoms with E-state index in [1.807, 2.05) is 31.2 Å². The van der Waals surface area contributed by atoms with Crippen LogP contribution in [0.1, 0.15) is 11.1 Å². The van der Waals surface area contributed by atoms with Crippen LogP contribution in [-0.2, 0) is 16.1 Å². The van der Waals surface area contributed by atoms with Gasteiger partial charge in [-0.15, -0.1) is 4.58 Å². The predicted molar refractivity (Wildman–Crippen MR) is 54.6 cm³/mol. The second-order valence-electron chi connectivity index (χ2n) is 2.98. The molecule has 0 saturated heterocycles. The van der Waals surface area contributed by atoms with Crippen LogP contribution >= 0.6 is 11.8 Å². The van der Waals surface area contributed by atoms with Gasteiger partial charge >= 0.3 is 0 Å². The van der Waals surface area contributed by atoms with Crippen molar-refractivity contribution in [3.8, 4) is 0 Å². The van der Waals surface area contributed by atoms with Gasteiger partial charge in [0.25, 0.3) is 5.91 Å². The van der Waals surface area contributed by atoms with Gasteiger partial charge in [0.05, 0.1) is 13.5 Å². The molecule has 1 aromatic carbocycles. The minimum absolute atomic E-state index is 0.248. The van der Waals surface area contributed by atoms with Gasteiger partial charge < -0.3 is 0 Å². The molecule has 0 aliphatic heterocycles. The molecule has 0 aromatic heterocycles. The molecule has 1 amide bonds. The van der Waals surface area contributed by atoms with Crippen LogP contribution < -0.4 is 0 Å². The SMILES string of the molecule is CON(Cl)C(=O)Cc1ccc(C)cc1. The highest BCUT2D eigenvalue weighted by Crippen LogP contribution is 2.06. The third-order valence-corrected chi connectivity index (χ3v) is 2.16. The van der Waals surface area contributed by atoms with E-state index in [0.29, 0.717) is 4.58 Å². The Bertz CT molecular complexity index is 310. The van der Waals surface area contributed by atoms with Crippen LogP contribution in [0.5, 0.6) is 0 Å². The summed E-state index contributed by atoms with van der Waals surface area (Å²) in [6.07, 6.45) is 0.248. The van der Waals surface area contributed by atoms with Crippen molar-refractivity contribution in [2.75, 3.05) is 7.11 Å². The summed E-state index contributed by atoms with van der Waals surface area (Å²) < 4.78 is 0.708. The summed E-state index contributed by atoms with van der Waals surface area (Å²) in [7, 11) is 1.35. The van der Waals surface area contributed by atoms with Gasteiger partial charge in [-0.1, -0.05) is 29.8 Å². The van der Waals surface area contributed by atoms with Crippen molar-refractivity contribution < 1.29 is 9.63 Å². The molecule has 0 spiro atoms. The van der Waals surface area contributed by atoms with Gasteiger partial charge in [0, 0.05) is 11.8 Å². The molecule has 0 radical (unpaired) electrons. The lowest BCUT2D eigenvalue weighted by Gasteiger charge is -2.09. The fourth-order valence-electron chi connectivity index (χ4n) is 1.04. The summed E-state index contributed by atoms with van der Waals surface area (Å²) in [5.41, 5.74) is 2.08. The highest BCUT2D eigenvalue weighted by Gasteiger charge is 2.10. The number of hydrogen-bond donors (Lipinski definition) is 0. The van der Waals surface area contributed by atoms with Crippen LogP contribution in [0.3, 0.4) is 0 Å². The first-order valence-corrected chi connectivity index (χ1v) is 4.55. The quantitative estimate of drug-likeness (QED) is 0.569. The molecule has 0 fully saturated rings. The van der Waals surface area contributed by atoms with E-state index in [2.05, 4.69) is 4.84 Å². The van der Waals surface area contributed by atoms with Crippen LogP contribution in [0.15, 0.2) is 24.3 Å². The van der Waals surface area contributed by atoms with Gasteiger partial charge in [-0.25, -0.2) is 0 Å². The Morgan fingerprint density at radius 3 is 2.50 bits per heavy atom. The molecule has 4 heteroatoms. The van der Waals surface area contributed by atoms with Gasteiger partial charge in [0.1, 0.15) is 0 Å². The smallest absolute Gasteiger partial charge is 0.266 e. The predicted octanol–water partition coefficient (Wildman–Crippen LogP) is 2.08. The normalized spacial score (nSPS) is 9.93. The largest absolute Gasteiger partial charge is 0.271 e. The Kier molecular flexibility index (Phi) is 3.92. The van der Waals surface area contributed by atoms with Crippen LogP contribution in [0.4, 0.5) is 0 Å². The number of aryl methyl sites for hydroxylation is 1. The summed E-state index contributed by atoms with van der Waals surface area (Å²) >= 11 is 5.46. The summed E-state index contributed by atoms with van der Waals surface area (Å²) in [5, 5.41) is 0. The van der Waals surface area contributed by atoms with Crippen LogP contribution in [-0.4, -0.2) is 17.6 Å². The van der Waals surface area contributed by atoms with Crippen molar-refractivity contribution >= 4 is 17.7 Å². The minimum Gasteiger partial charge on any atom is -0.271 e. The van der Waals surface area contributed by atoms with Crippen molar-refractivity contribution in [1.82, 2.24) is 4.58 Å². The standard InChI is InChI=1S/C10H12ClNO2/c1-8-3-5-9(6-4-8)7-10(13)12(11)14-2/h3-6H,7H2,1-2H3. The lowest BCUT2D eigenvalue weighted by atomic mass is 10.1. The maximum absolute atomic E-state index is 11.3. The maximum atomic E-state index is 11.3. The third kappa shape index (κ3) is 3.01. The molecular weight excluding hydrogens is 202 g/mol. The number of hydroxylamine groups is 1. The molecule has 0 aliphatic carbocycles. The van der Waals surface area contributed by atoms with E-state index in [1.54, 1.807) is 0 Å². The molecule has 14 heavy (non-hydrogen) atoms. The zero-order chi connectivity index (χ0) is 10.6. The Hall–Kier alpha value is -1.06. The number of rotatable bonds is 3. The topological polar surface area (TPSA) is 29.5 Å². The average Bonchev–Trinajstić information content (AvgIpc) is 2.20. The molecular formula is C10H12ClNO2. The molecule has 76 valence electrons. The van der Waals surface area contributed by atoms with Crippen LogP contribution in [0.25, 0.3) is 0 Å². The second-order valence-corrected chi connectivity index (χ2v) is 3.29. The molecule has 1 aromatic rings. The van der Waals surface area contributed by atoms with E-state index in [9.17, 15) is 4.79 Å². The second kappa shape index (κ2) is 4.98. The van der Waals surface area contributed by atoms with E-state index >= 15 is 0 Å². The lowest BCUT2D eigenvalue weighted by Crippen LogP contribution is -2.21. The van der Waals surface area contributed by atoms with Crippen LogP contribution in [0.2, 0.25) is 0 Å². The average molecular weight is 214 g/mol. The van der Waals surface area contributed by atoms with E-state index in [1.165, 1.54) is 7.11 Å². The van der Waals surface area contributed by atoms with Crippen molar-refractivity contribution in [3.05, 3.63) is 35.4 Å². The van der Waals surface area contributed by atoms with Gasteiger partial charge in [0.15, 0.2) is 0 Å². The summed E-state index contributed by atoms with van der Waals surface area (Å²) in [6.45, 7) is 1.99. The highest BCUT2D eigenvalue weighted by molar-refractivity contribution is 6.20. The number of carbonyl (C=O) groups is 1. The first-order chi connectivity index (χ1) is 6.63. The molecule has 0 atom stereocenters. The Morgan fingerprint density at radius 2 is 2.00 bits per heavy atom. The van der Waals surface area contributed by atoms with E-state index in [4.69, 9.17) is 11.8 Å². The summed E-state index contributed by atoms with van der Waals surface area (Å²) in [5.74, 6) is -0.280. The number of nitrogens with zero attached hydrogens (tertiary/aromatic N) is 1. The van der Waals surface area contributed by atoms with Crippen molar-refractivity contribution in [3.63, 3.8) is 0 Å². The van der Waals surface area contributed by atoms with Gasteiger partial charge in [-0.05, 0) is 12.5 Å². The molecule has 1 rings (SSSR count). The number of hydrogen-bond acceptors (Lipinski definition) is 2. The zero-order valence-corrected chi connectivity index (χ0v) is 8.91. The molecule has 0 unspecified atom stereocenters. The number of benzene rings is 1. The third-order valence-electron chi connectivity index (χ3n) is 1.83. The van der Waals surface area contributed by atoms with Crippen molar-refractivity contribution in [1.29, 1.82) is 0 Å². The van der Waals surface area contributed by atoms with E-state index in [-0.39, 0.29) is 12.3 Å². The molecule has 0 saturated carbocycles. The van der Waals surface area contributed by atoms with Crippen LogP contribution in [0, 0.1) is 6.92 Å². The van der Waals surface area contributed by atoms with Gasteiger partial charge in [-0.2, -0.15) is 0 Å². The van der Waals surface area contributed by atoms with Gasteiger partial charge in [0.2, 0.25) is 0 Å². The molecule has 3 nitrogen and oxygen atoms in total. The van der Waals surface area contributed by atoms with Gasteiger partial charge in [-0.3, -0.25) is 9.63 Å². The van der Waals surface area contributed by atoms with E-state index < -0.39 is 0 Å².